The van der Waals surface area contributed by atoms with Gasteiger partial charge in [-0.15, -0.1) is 12.4 Å². The Balaban J connectivity index is 0.00000133. The van der Waals surface area contributed by atoms with Crippen LogP contribution in [0.2, 0.25) is 0 Å². The molecule has 2 heterocycles. The maximum absolute atomic E-state index is 12.4. The van der Waals surface area contributed by atoms with Crippen molar-refractivity contribution in [3.05, 3.63) is 33.4 Å². The van der Waals surface area contributed by atoms with Crippen molar-refractivity contribution < 1.29 is 4.79 Å². The third-order valence-corrected chi connectivity index (χ3v) is 4.75. The molecule has 19 heavy (non-hydrogen) atoms. The molecule has 104 valence electrons. The lowest BCUT2D eigenvalue weighted by Crippen LogP contribution is -2.46. The lowest BCUT2D eigenvalue weighted by Gasteiger charge is -2.34. The standard InChI is InChI=1S/C14H17IN2O.ClH/c15-12-3-1-10(2-4-12)14(18)17-8-6-13-11(9-17)5-7-16-13;/h1-4,11,13,16H,5-9H2;1H. The third-order valence-electron chi connectivity index (χ3n) is 4.03. The van der Waals surface area contributed by atoms with Crippen LogP contribution in [0.25, 0.3) is 0 Å². The van der Waals surface area contributed by atoms with E-state index < -0.39 is 0 Å². The fourth-order valence-corrected chi connectivity index (χ4v) is 3.37. The van der Waals surface area contributed by atoms with Gasteiger partial charge >= 0.3 is 0 Å². The van der Waals surface area contributed by atoms with Crippen LogP contribution < -0.4 is 5.32 Å². The van der Waals surface area contributed by atoms with Gasteiger partial charge in [0.15, 0.2) is 0 Å². The Hall–Kier alpha value is -0.330. The third kappa shape index (κ3) is 3.23. The van der Waals surface area contributed by atoms with E-state index in [0.29, 0.717) is 12.0 Å². The van der Waals surface area contributed by atoms with Gasteiger partial charge in [-0.05, 0) is 72.2 Å². The van der Waals surface area contributed by atoms with Gasteiger partial charge in [0, 0.05) is 28.3 Å². The van der Waals surface area contributed by atoms with Crippen LogP contribution in [0.4, 0.5) is 0 Å². The Morgan fingerprint density at radius 1 is 1.26 bits per heavy atom. The van der Waals surface area contributed by atoms with Crippen LogP contribution in [-0.2, 0) is 0 Å². The van der Waals surface area contributed by atoms with Crippen molar-refractivity contribution in [1.82, 2.24) is 10.2 Å². The topological polar surface area (TPSA) is 32.3 Å². The molecule has 2 aliphatic heterocycles. The molecule has 0 saturated carbocycles. The zero-order valence-electron chi connectivity index (χ0n) is 10.6. The fourth-order valence-electron chi connectivity index (χ4n) is 3.01. The van der Waals surface area contributed by atoms with E-state index in [1.807, 2.05) is 29.2 Å². The molecule has 2 unspecified atom stereocenters. The van der Waals surface area contributed by atoms with Gasteiger partial charge in [0.2, 0.25) is 0 Å². The second kappa shape index (κ2) is 6.41. The van der Waals surface area contributed by atoms with Crippen LogP contribution in [0.1, 0.15) is 23.2 Å². The maximum atomic E-state index is 12.4. The fraction of sp³-hybridized carbons (Fsp3) is 0.500. The highest BCUT2D eigenvalue weighted by molar-refractivity contribution is 14.1. The molecular weight excluding hydrogens is 375 g/mol. The van der Waals surface area contributed by atoms with Crippen molar-refractivity contribution in [1.29, 1.82) is 0 Å². The SMILES string of the molecule is Cl.O=C(c1ccc(I)cc1)N1CCC2NCCC2C1. The van der Waals surface area contributed by atoms with Crippen LogP contribution in [0.15, 0.2) is 24.3 Å². The summed E-state index contributed by atoms with van der Waals surface area (Å²) in [5.41, 5.74) is 0.819. The first-order chi connectivity index (χ1) is 8.74. The normalized spacial score (nSPS) is 25.6. The number of likely N-dealkylation sites (tertiary alicyclic amines) is 1. The number of fused-ring (bicyclic) bond motifs is 1. The zero-order valence-corrected chi connectivity index (χ0v) is 13.6. The van der Waals surface area contributed by atoms with E-state index in [4.69, 9.17) is 0 Å². The summed E-state index contributed by atoms with van der Waals surface area (Å²) in [6, 6.07) is 8.51. The molecule has 3 nitrogen and oxygen atoms in total. The van der Waals surface area contributed by atoms with Gasteiger partial charge in [-0.25, -0.2) is 0 Å². The van der Waals surface area contributed by atoms with Gasteiger partial charge in [-0.3, -0.25) is 4.79 Å². The molecule has 2 aliphatic rings. The van der Waals surface area contributed by atoms with E-state index in [1.54, 1.807) is 0 Å². The molecule has 2 fully saturated rings. The highest BCUT2D eigenvalue weighted by atomic mass is 127. The number of rotatable bonds is 1. The minimum Gasteiger partial charge on any atom is -0.338 e. The number of carbonyl (C=O) groups is 1. The summed E-state index contributed by atoms with van der Waals surface area (Å²) in [5, 5.41) is 3.53. The van der Waals surface area contributed by atoms with Gasteiger partial charge in [0.1, 0.15) is 0 Å². The number of nitrogens with zero attached hydrogens (tertiary/aromatic N) is 1. The van der Waals surface area contributed by atoms with Crippen LogP contribution in [0, 0.1) is 9.49 Å². The average Bonchev–Trinajstić information content (AvgIpc) is 2.86. The lowest BCUT2D eigenvalue weighted by atomic mass is 9.93. The first-order valence-corrected chi connectivity index (χ1v) is 7.60. The van der Waals surface area contributed by atoms with Crippen LogP contribution in [0.5, 0.6) is 0 Å². The molecule has 1 amide bonds. The van der Waals surface area contributed by atoms with Crippen molar-refractivity contribution in [3.63, 3.8) is 0 Å². The molecule has 1 N–H and O–H groups in total. The predicted molar refractivity (Wildman–Crippen MR) is 86.8 cm³/mol. The Bertz CT molecular complexity index is 451. The summed E-state index contributed by atoms with van der Waals surface area (Å²) in [6.07, 6.45) is 2.31. The molecule has 0 bridgehead atoms. The van der Waals surface area contributed by atoms with Gasteiger partial charge in [-0.1, -0.05) is 0 Å². The van der Waals surface area contributed by atoms with Crippen molar-refractivity contribution >= 4 is 40.9 Å². The van der Waals surface area contributed by atoms with Gasteiger partial charge < -0.3 is 10.2 Å². The van der Waals surface area contributed by atoms with Gasteiger partial charge in [0.05, 0.1) is 0 Å². The quantitative estimate of drug-likeness (QED) is 0.745. The molecule has 2 atom stereocenters. The number of hydrogen-bond acceptors (Lipinski definition) is 2. The van der Waals surface area contributed by atoms with Crippen LogP contribution in [0.3, 0.4) is 0 Å². The van der Waals surface area contributed by atoms with Crippen molar-refractivity contribution in [3.8, 4) is 0 Å². The summed E-state index contributed by atoms with van der Waals surface area (Å²) in [6.45, 7) is 2.92. The maximum Gasteiger partial charge on any atom is 0.253 e. The minimum atomic E-state index is 0. The Kier molecular flexibility index (Phi) is 5.09. The molecule has 1 aromatic carbocycles. The number of nitrogens with one attached hydrogen (secondary N) is 1. The van der Waals surface area contributed by atoms with E-state index in [-0.39, 0.29) is 18.3 Å². The van der Waals surface area contributed by atoms with Gasteiger partial charge in [-0.2, -0.15) is 0 Å². The van der Waals surface area contributed by atoms with Crippen LogP contribution in [-0.4, -0.2) is 36.5 Å². The average molecular weight is 393 g/mol. The molecule has 1 aromatic rings. The lowest BCUT2D eigenvalue weighted by molar-refractivity contribution is 0.0662. The van der Waals surface area contributed by atoms with Crippen LogP contribution >= 0.6 is 35.0 Å². The number of hydrogen-bond donors (Lipinski definition) is 1. The molecule has 0 aliphatic carbocycles. The summed E-state index contributed by atoms with van der Waals surface area (Å²) in [4.78, 5) is 14.4. The number of piperidine rings is 1. The molecule has 0 spiro atoms. The molecule has 0 radical (unpaired) electrons. The number of carbonyl (C=O) groups excluding carboxylic acids is 1. The Morgan fingerprint density at radius 2 is 2.00 bits per heavy atom. The second-order valence-electron chi connectivity index (χ2n) is 5.16. The molecular formula is C14H18ClIN2O. The molecule has 5 heteroatoms. The highest BCUT2D eigenvalue weighted by Gasteiger charge is 2.34. The number of amides is 1. The molecule has 0 aromatic heterocycles. The van der Waals surface area contributed by atoms with Crippen molar-refractivity contribution in [2.75, 3.05) is 19.6 Å². The number of benzene rings is 1. The van der Waals surface area contributed by atoms with E-state index in [9.17, 15) is 4.79 Å². The molecule has 2 saturated heterocycles. The Morgan fingerprint density at radius 3 is 2.74 bits per heavy atom. The highest BCUT2D eigenvalue weighted by Crippen LogP contribution is 2.25. The predicted octanol–water partition coefficient (Wildman–Crippen LogP) is 2.54. The Labute approximate surface area is 133 Å². The summed E-state index contributed by atoms with van der Waals surface area (Å²) >= 11 is 2.26. The van der Waals surface area contributed by atoms with E-state index in [1.165, 1.54) is 9.99 Å². The van der Waals surface area contributed by atoms with Crippen molar-refractivity contribution in [2.45, 2.75) is 18.9 Å². The van der Waals surface area contributed by atoms with E-state index in [2.05, 4.69) is 27.9 Å². The summed E-state index contributed by atoms with van der Waals surface area (Å²) in [7, 11) is 0. The smallest absolute Gasteiger partial charge is 0.253 e. The summed E-state index contributed by atoms with van der Waals surface area (Å²) < 4.78 is 1.17. The monoisotopic (exact) mass is 392 g/mol. The largest absolute Gasteiger partial charge is 0.338 e. The first kappa shape index (κ1) is 15.1. The molecule has 3 rings (SSSR count). The van der Waals surface area contributed by atoms with Gasteiger partial charge in [0.25, 0.3) is 5.91 Å². The van der Waals surface area contributed by atoms with Crippen molar-refractivity contribution in [2.24, 2.45) is 5.92 Å². The first-order valence-electron chi connectivity index (χ1n) is 6.52. The summed E-state index contributed by atoms with van der Waals surface area (Å²) in [5.74, 6) is 0.850. The van der Waals surface area contributed by atoms with E-state index >= 15 is 0 Å². The second-order valence-corrected chi connectivity index (χ2v) is 6.40. The minimum absolute atomic E-state index is 0. The number of halogens is 2. The zero-order chi connectivity index (χ0) is 12.5. The van der Waals surface area contributed by atoms with E-state index in [0.717, 1.165) is 31.6 Å².